The SMILES string of the molecule is O=C1S/C(=C/c2cc(Cl)cc(I)c2O)C(=O)N1Cc1cccc2ccccc12. The van der Waals surface area contributed by atoms with Gasteiger partial charge in [-0.2, -0.15) is 0 Å². The molecule has 140 valence electrons. The van der Waals surface area contributed by atoms with E-state index in [1.807, 2.05) is 65.1 Å². The van der Waals surface area contributed by atoms with Gasteiger partial charge in [0.1, 0.15) is 5.75 Å². The van der Waals surface area contributed by atoms with Crippen molar-refractivity contribution in [3.05, 3.63) is 79.2 Å². The molecule has 3 aromatic carbocycles. The monoisotopic (exact) mass is 521 g/mol. The van der Waals surface area contributed by atoms with Gasteiger partial charge in [0.25, 0.3) is 11.1 Å². The minimum absolute atomic E-state index is 0.0332. The minimum Gasteiger partial charge on any atom is -0.506 e. The molecule has 0 saturated carbocycles. The number of hydrogen-bond donors (Lipinski definition) is 1. The Kier molecular flexibility index (Phi) is 5.35. The van der Waals surface area contributed by atoms with Gasteiger partial charge in [-0.3, -0.25) is 14.5 Å². The van der Waals surface area contributed by atoms with Crippen molar-refractivity contribution in [3.8, 4) is 5.75 Å². The van der Waals surface area contributed by atoms with E-state index in [4.69, 9.17) is 11.6 Å². The third-order valence-electron chi connectivity index (χ3n) is 4.43. The number of amides is 2. The molecule has 1 aliphatic heterocycles. The number of benzene rings is 3. The fraction of sp³-hybridized carbons (Fsp3) is 0.0476. The third kappa shape index (κ3) is 3.64. The normalized spacial score (nSPS) is 15.8. The Bertz CT molecular complexity index is 1160. The molecule has 1 saturated heterocycles. The molecule has 1 heterocycles. The highest BCUT2D eigenvalue weighted by Gasteiger charge is 2.35. The van der Waals surface area contributed by atoms with Crippen molar-refractivity contribution < 1.29 is 14.7 Å². The van der Waals surface area contributed by atoms with Crippen LogP contribution in [0.4, 0.5) is 4.79 Å². The lowest BCUT2D eigenvalue weighted by Gasteiger charge is -2.14. The number of phenols is 1. The molecule has 0 radical (unpaired) electrons. The van der Waals surface area contributed by atoms with Gasteiger partial charge in [0, 0.05) is 10.6 Å². The van der Waals surface area contributed by atoms with Crippen LogP contribution in [0.25, 0.3) is 16.8 Å². The fourth-order valence-electron chi connectivity index (χ4n) is 3.07. The number of halogens is 2. The summed E-state index contributed by atoms with van der Waals surface area (Å²) in [5, 5.41) is 12.4. The van der Waals surface area contributed by atoms with Crippen LogP contribution >= 0.6 is 46.0 Å². The van der Waals surface area contributed by atoms with E-state index in [1.54, 1.807) is 12.1 Å². The highest BCUT2D eigenvalue weighted by molar-refractivity contribution is 14.1. The summed E-state index contributed by atoms with van der Waals surface area (Å²) >= 11 is 8.88. The molecule has 4 nitrogen and oxygen atoms in total. The molecule has 0 unspecified atom stereocenters. The average molecular weight is 522 g/mol. The molecule has 28 heavy (non-hydrogen) atoms. The summed E-state index contributed by atoms with van der Waals surface area (Å²) in [4.78, 5) is 26.8. The molecule has 1 fully saturated rings. The van der Waals surface area contributed by atoms with Crippen molar-refractivity contribution in [2.24, 2.45) is 0 Å². The molecule has 0 bridgehead atoms. The predicted octanol–water partition coefficient (Wildman–Crippen LogP) is 6.04. The molecule has 0 aliphatic carbocycles. The quantitative estimate of drug-likeness (QED) is 0.337. The first kappa shape index (κ1) is 19.3. The molecule has 1 aliphatic rings. The number of aromatic hydroxyl groups is 1. The van der Waals surface area contributed by atoms with Crippen molar-refractivity contribution >= 4 is 73.9 Å². The number of fused-ring (bicyclic) bond motifs is 1. The number of thioether (sulfide) groups is 1. The topological polar surface area (TPSA) is 57.6 Å². The highest BCUT2D eigenvalue weighted by atomic mass is 127. The van der Waals surface area contributed by atoms with E-state index < -0.39 is 0 Å². The van der Waals surface area contributed by atoms with E-state index in [0.29, 0.717) is 14.2 Å². The summed E-state index contributed by atoms with van der Waals surface area (Å²) < 4.78 is 0.575. The van der Waals surface area contributed by atoms with Crippen LogP contribution < -0.4 is 0 Å². The largest absolute Gasteiger partial charge is 0.506 e. The van der Waals surface area contributed by atoms with Gasteiger partial charge in [-0.05, 0) is 68.9 Å². The third-order valence-corrected chi connectivity index (χ3v) is 6.37. The zero-order chi connectivity index (χ0) is 19.8. The van der Waals surface area contributed by atoms with Crippen LogP contribution in [-0.4, -0.2) is 21.2 Å². The van der Waals surface area contributed by atoms with Crippen molar-refractivity contribution in [1.29, 1.82) is 0 Å². The maximum Gasteiger partial charge on any atom is 0.293 e. The molecular formula is C21H13ClINO3S. The number of carbonyl (C=O) groups excluding carboxylic acids is 2. The van der Waals surface area contributed by atoms with Crippen LogP contribution in [0.3, 0.4) is 0 Å². The first-order chi connectivity index (χ1) is 13.4. The van der Waals surface area contributed by atoms with Crippen molar-refractivity contribution in [2.45, 2.75) is 6.54 Å². The summed E-state index contributed by atoms with van der Waals surface area (Å²) in [5.41, 5.74) is 1.31. The standard InChI is InChI=1S/C21H13ClINO3S/c22-15-8-14(19(25)17(23)10-15)9-18-20(26)24(21(27)28-18)11-13-6-3-5-12-4-1-2-7-16(12)13/h1-10,25H,11H2/b18-9+. The zero-order valence-corrected chi connectivity index (χ0v) is 18.1. The Labute approximate surface area is 184 Å². The van der Waals surface area contributed by atoms with E-state index in [1.165, 1.54) is 11.0 Å². The lowest BCUT2D eigenvalue weighted by atomic mass is 10.0. The second-order valence-electron chi connectivity index (χ2n) is 6.23. The molecule has 7 heteroatoms. The Morgan fingerprint density at radius 3 is 2.68 bits per heavy atom. The van der Waals surface area contributed by atoms with Gasteiger partial charge in [0.15, 0.2) is 0 Å². The van der Waals surface area contributed by atoms with Crippen LogP contribution in [-0.2, 0) is 11.3 Å². The molecule has 4 rings (SSSR count). The zero-order valence-electron chi connectivity index (χ0n) is 14.4. The van der Waals surface area contributed by atoms with Crippen LogP contribution in [0.2, 0.25) is 5.02 Å². The van der Waals surface area contributed by atoms with E-state index in [0.717, 1.165) is 28.1 Å². The predicted molar refractivity (Wildman–Crippen MR) is 121 cm³/mol. The molecule has 0 atom stereocenters. The maximum absolute atomic E-state index is 12.8. The van der Waals surface area contributed by atoms with Gasteiger partial charge < -0.3 is 5.11 Å². The van der Waals surface area contributed by atoms with E-state index in [2.05, 4.69) is 0 Å². The first-order valence-corrected chi connectivity index (χ1v) is 10.6. The molecular weight excluding hydrogens is 509 g/mol. The number of hydrogen-bond acceptors (Lipinski definition) is 4. The van der Waals surface area contributed by atoms with E-state index in [9.17, 15) is 14.7 Å². The smallest absolute Gasteiger partial charge is 0.293 e. The van der Waals surface area contributed by atoms with Gasteiger partial charge in [-0.15, -0.1) is 0 Å². The summed E-state index contributed by atoms with van der Waals surface area (Å²) in [6.45, 7) is 0.197. The second kappa shape index (κ2) is 7.77. The van der Waals surface area contributed by atoms with Gasteiger partial charge >= 0.3 is 0 Å². The number of phenolic OH excluding ortho intramolecular Hbond substituents is 1. The van der Waals surface area contributed by atoms with Gasteiger partial charge in [0.05, 0.1) is 15.0 Å². The summed E-state index contributed by atoms with van der Waals surface area (Å²) in [5.74, 6) is -0.344. The minimum atomic E-state index is -0.377. The summed E-state index contributed by atoms with van der Waals surface area (Å²) in [6.07, 6.45) is 1.51. The molecule has 3 aromatic rings. The number of carbonyl (C=O) groups is 2. The van der Waals surface area contributed by atoms with Crippen LogP contribution in [0.5, 0.6) is 5.75 Å². The maximum atomic E-state index is 12.8. The van der Waals surface area contributed by atoms with Crippen LogP contribution in [0.15, 0.2) is 59.5 Å². The van der Waals surface area contributed by atoms with Gasteiger partial charge in [-0.1, -0.05) is 54.1 Å². The lowest BCUT2D eigenvalue weighted by Crippen LogP contribution is -2.27. The van der Waals surface area contributed by atoms with Crippen LogP contribution in [0.1, 0.15) is 11.1 Å². The fourth-order valence-corrected chi connectivity index (χ4v) is 4.96. The van der Waals surface area contributed by atoms with E-state index >= 15 is 0 Å². The molecule has 0 aromatic heterocycles. The number of rotatable bonds is 3. The van der Waals surface area contributed by atoms with Crippen LogP contribution in [0, 0.1) is 3.57 Å². The Morgan fingerprint density at radius 2 is 1.86 bits per heavy atom. The number of imide groups is 1. The first-order valence-electron chi connectivity index (χ1n) is 8.34. The average Bonchev–Trinajstić information content (AvgIpc) is 2.93. The number of nitrogens with zero attached hydrogens (tertiary/aromatic N) is 1. The molecule has 2 amide bonds. The van der Waals surface area contributed by atoms with Gasteiger partial charge in [0.2, 0.25) is 0 Å². The van der Waals surface area contributed by atoms with Crippen molar-refractivity contribution in [2.75, 3.05) is 0 Å². The Hall–Kier alpha value is -2.03. The van der Waals surface area contributed by atoms with Crippen molar-refractivity contribution in [1.82, 2.24) is 4.90 Å². The summed E-state index contributed by atoms with van der Waals surface area (Å²) in [7, 11) is 0. The molecule has 1 N–H and O–H groups in total. The summed E-state index contributed by atoms with van der Waals surface area (Å²) in [6, 6.07) is 16.9. The van der Waals surface area contributed by atoms with Gasteiger partial charge in [-0.25, -0.2) is 0 Å². The molecule has 0 spiro atoms. The van der Waals surface area contributed by atoms with E-state index in [-0.39, 0.29) is 28.3 Å². The van der Waals surface area contributed by atoms with Crippen molar-refractivity contribution in [3.63, 3.8) is 0 Å². The Balaban J connectivity index is 1.66. The Morgan fingerprint density at radius 1 is 1.11 bits per heavy atom. The second-order valence-corrected chi connectivity index (χ2v) is 8.82. The highest BCUT2D eigenvalue weighted by Crippen LogP contribution is 2.37. The lowest BCUT2D eigenvalue weighted by molar-refractivity contribution is -0.123.